The Morgan fingerprint density at radius 2 is 2.04 bits per heavy atom. The number of nitrogens with one attached hydrogen (secondary N) is 3. The first-order valence-electron chi connectivity index (χ1n) is 8.39. The van der Waals surface area contributed by atoms with Crippen LogP contribution in [0.15, 0.2) is 23.1 Å². The van der Waals surface area contributed by atoms with Crippen LogP contribution in [0, 0.1) is 6.92 Å². The highest BCUT2D eigenvalue weighted by Gasteiger charge is 2.22. The molecular weight excluding hydrogens is 322 g/mol. The normalized spacial score (nSPS) is 18.5. The molecule has 0 aromatic heterocycles. The highest BCUT2D eigenvalue weighted by molar-refractivity contribution is 8.00. The second kappa shape index (κ2) is 7.92. The van der Waals surface area contributed by atoms with Gasteiger partial charge in [0.2, 0.25) is 5.91 Å². The Hall–Kier alpha value is -1.69. The maximum Gasteiger partial charge on any atom is 0.319 e. The molecule has 3 N–H and O–H groups in total. The fraction of sp³-hybridized carbons (Fsp3) is 0.556. The number of rotatable bonds is 3. The summed E-state index contributed by atoms with van der Waals surface area (Å²) in [6.07, 6.45) is 2.57. The van der Waals surface area contributed by atoms with E-state index in [2.05, 4.69) is 42.8 Å². The molecule has 3 amide bonds. The van der Waals surface area contributed by atoms with Gasteiger partial charge < -0.3 is 16.0 Å². The van der Waals surface area contributed by atoms with E-state index in [1.165, 1.54) is 4.90 Å². The van der Waals surface area contributed by atoms with E-state index in [0.29, 0.717) is 13.0 Å². The summed E-state index contributed by atoms with van der Waals surface area (Å²) in [6.45, 7) is 9.17. The van der Waals surface area contributed by atoms with Crippen molar-refractivity contribution in [3.8, 4) is 0 Å². The second-order valence-electron chi connectivity index (χ2n) is 7.13. The number of hydrogen-bond donors (Lipinski definition) is 3. The van der Waals surface area contributed by atoms with E-state index in [9.17, 15) is 9.59 Å². The number of carbonyl (C=O) groups is 2. The zero-order valence-corrected chi connectivity index (χ0v) is 15.7. The average Bonchev–Trinajstić information content (AvgIpc) is 2.65. The van der Waals surface area contributed by atoms with Crippen LogP contribution in [0.3, 0.4) is 0 Å². The summed E-state index contributed by atoms with van der Waals surface area (Å²) in [5.41, 5.74) is 1.77. The Morgan fingerprint density at radius 3 is 2.71 bits per heavy atom. The van der Waals surface area contributed by atoms with Crippen LogP contribution in [0.5, 0.6) is 0 Å². The standard InChI is InChI=1S/C18H27N3O2S/c1-12-11-13(24-18(2,3)4)8-9-14(12)20-17(23)21-15-7-5-6-10-19-16(15)22/h8-9,11,15H,5-7,10H2,1-4H3,(H,19,22)(H2,20,21,23)/t15-/m1/s1. The van der Waals surface area contributed by atoms with E-state index < -0.39 is 6.04 Å². The Balaban J connectivity index is 1.97. The van der Waals surface area contributed by atoms with Gasteiger partial charge in [-0.2, -0.15) is 0 Å². The van der Waals surface area contributed by atoms with Gasteiger partial charge in [-0.15, -0.1) is 11.8 Å². The Kier molecular flexibility index (Phi) is 6.15. The Labute approximate surface area is 148 Å². The van der Waals surface area contributed by atoms with Gasteiger partial charge in [0.25, 0.3) is 0 Å². The number of benzene rings is 1. The lowest BCUT2D eigenvalue weighted by Crippen LogP contribution is -2.47. The fourth-order valence-corrected chi connectivity index (χ4v) is 3.67. The van der Waals surface area contributed by atoms with E-state index in [-0.39, 0.29) is 16.7 Å². The van der Waals surface area contributed by atoms with Gasteiger partial charge in [-0.05, 0) is 49.9 Å². The number of thioether (sulfide) groups is 1. The molecule has 2 rings (SSSR count). The molecule has 1 aliphatic heterocycles. The van der Waals surface area contributed by atoms with Gasteiger partial charge in [-0.1, -0.05) is 20.8 Å². The summed E-state index contributed by atoms with van der Waals surface area (Å²) in [6, 6.07) is 5.21. The number of anilines is 1. The molecule has 5 nitrogen and oxygen atoms in total. The molecule has 0 radical (unpaired) electrons. The Morgan fingerprint density at radius 1 is 1.29 bits per heavy atom. The molecule has 1 aliphatic rings. The van der Waals surface area contributed by atoms with Gasteiger partial charge in [0.05, 0.1) is 0 Å². The summed E-state index contributed by atoms with van der Waals surface area (Å²) in [7, 11) is 0. The summed E-state index contributed by atoms with van der Waals surface area (Å²) in [4.78, 5) is 25.3. The lowest BCUT2D eigenvalue weighted by Gasteiger charge is -2.19. The first kappa shape index (κ1) is 18.6. The molecule has 0 saturated carbocycles. The lowest BCUT2D eigenvalue weighted by atomic mass is 10.1. The zero-order chi connectivity index (χ0) is 17.7. The molecule has 1 saturated heterocycles. The van der Waals surface area contributed by atoms with Crippen LogP contribution in [0.25, 0.3) is 0 Å². The van der Waals surface area contributed by atoms with Crippen molar-refractivity contribution in [3.05, 3.63) is 23.8 Å². The van der Waals surface area contributed by atoms with Gasteiger partial charge in [-0.25, -0.2) is 4.79 Å². The van der Waals surface area contributed by atoms with Crippen molar-refractivity contribution in [2.45, 2.75) is 62.6 Å². The molecule has 0 bridgehead atoms. The summed E-state index contributed by atoms with van der Waals surface area (Å²) in [5, 5.41) is 8.44. The summed E-state index contributed by atoms with van der Waals surface area (Å²) >= 11 is 1.79. The minimum atomic E-state index is -0.455. The van der Waals surface area contributed by atoms with Gasteiger partial charge in [-0.3, -0.25) is 4.79 Å². The number of carbonyl (C=O) groups excluding carboxylic acids is 2. The third-order valence-electron chi connectivity index (χ3n) is 3.71. The molecule has 1 fully saturated rings. The van der Waals surface area contributed by atoms with Gasteiger partial charge >= 0.3 is 6.03 Å². The van der Waals surface area contributed by atoms with Crippen molar-refractivity contribution >= 4 is 29.4 Å². The first-order chi connectivity index (χ1) is 11.2. The van der Waals surface area contributed by atoms with E-state index in [1.54, 1.807) is 11.8 Å². The molecule has 24 heavy (non-hydrogen) atoms. The molecule has 1 heterocycles. The summed E-state index contributed by atoms with van der Waals surface area (Å²) in [5.74, 6) is -0.101. The number of hydrogen-bond acceptors (Lipinski definition) is 3. The topological polar surface area (TPSA) is 70.2 Å². The van der Waals surface area contributed by atoms with Crippen molar-refractivity contribution in [1.29, 1.82) is 0 Å². The minimum absolute atomic E-state index is 0.101. The minimum Gasteiger partial charge on any atom is -0.354 e. The third-order valence-corrected chi connectivity index (χ3v) is 4.81. The molecule has 0 aliphatic carbocycles. The molecular formula is C18H27N3O2S. The summed E-state index contributed by atoms with van der Waals surface area (Å²) < 4.78 is 0.144. The second-order valence-corrected chi connectivity index (χ2v) is 9.03. The number of amides is 3. The molecule has 1 aromatic carbocycles. The van der Waals surface area contributed by atoms with E-state index >= 15 is 0 Å². The van der Waals surface area contributed by atoms with Crippen LogP contribution in [0.1, 0.15) is 45.6 Å². The predicted octanol–water partition coefficient (Wildman–Crippen LogP) is 3.68. The smallest absolute Gasteiger partial charge is 0.319 e. The zero-order valence-electron chi connectivity index (χ0n) is 14.9. The van der Waals surface area contributed by atoms with Crippen molar-refractivity contribution < 1.29 is 9.59 Å². The first-order valence-corrected chi connectivity index (χ1v) is 9.21. The maximum absolute atomic E-state index is 12.2. The highest BCUT2D eigenvalue weighted by atomic mass is 32.2. The average molecular weight is 350 g/mol. The third kappa shape index (κ3) is 5.74. The lowest BCUT2D eigenvalue weighted by molar-refractivity contribution is -0.122. The van der Waals surface area contributed by atoms with Crippen LogP contribution in [-0.2, 0) is 4.79 Å². The molecule has 6 heteroatoms. The SMILES string of the molecule is Cc1cc(SC(C)(C)C)ccc1NC(=O)N[C@@H]1CCCCNC1=O. The van der Waals surface area contributed by atoms with Crippen LogP contribution in [0.4, 0.5) is 10.5 Å². The molecule has 132 valence electrons. The molecule has 1 aromatic rings. The van der Waals surface area contributed by atoms with Crippen molar-refractivity contribution in [2.75, 3.05) is 11.9 Å². The van der Waals surface area contributed by atoms with E-state index in [1.807, 2.05) is 19.1 Å². The predicted molar refractivity (Wildman–Crippen MR) is 99.6 cm³/mol. The Bertz CT molecular complexity index is 611. The fourth-order valence-electron chi connectivity index (χ4n) is 2.59. The maximum atomic E-state index is 12.2. The molecule has 0 unspecified atom stereocenters. The van der Waals surface area contributed by atoms with Gasteiger partial charge in [0.15, 0.2) is 0 Å². The van der Waals surface area contributed by atoms with Crippen molar-refractivity contribution in [2.24, 2.45) is 0 Å². The van der Waals surface area contributed by atoms with Crippen molar-refractivity contribution in [1.82, 2.24) is 10.6 Å². The monoisotopic (exact) mass is 349 g/mol. The van der Waals surface area contributed by atoms with Crippen LogP contribution in [-0.4, -0.2) is 29.3 Å². The number of aryl methyl sites for hydroxylation is 1. The van der Waals surface area contributed by atoms with Crippen LogP contribution in [0.2, 0.25) is 0 Å². The van der Waals surface area contributed by atoms with Crippen molar-refractivity contribution in [3.63, 3.8) is 0 Å². The van der Waals surface area contributed by atoms with Crippen LogP contribution >= 0.6 is 11.8 Å². The molecule has 1 atom stereocenters. The number of urea groups is 1. The van der Waals surface area contributed by atoms with E-state index in [4.69, 9.17) is 0 Å². The van der Waals surface area contributed by atoms with Crippen LogP contribution < -0.4 is 16.0 Å². The van der Waals surface area contributed by atoms with Gasteiger partial charge in [0, 0.05) is 21.9 Å². The van der Waals surface area contributed by atoms with Gasteiger partial charge in [0.1, 0.15) is 6.04 Å². The quantitative estimate of drug-likeness (QED) is 0.729. The van der Waals surface area contributed by atoms with E-state index in [0.717, 1.165) is 24.1 Å². The largest absolute Gasteiger partial charge is 0.354 e. The molecule has 0 spiro atoms. The highest BCUT2D eigenvalue weighted by Crippen LogP contribution is 2.33.